The van der Waals surface area contributed by atoms with Crippen LogP contribution >= 0.6 is 0 Å². The van der Waals surface area contributed by atoms with Crippen LogP contribution in [0.3, 0.4) is 0 Å². The van der Waals surface area contributed by atoms with Gasteiger partial charge < -0.3 is 5.32 Å². The maximum Gasteiger partial charge on any atom is 0.417 e. The first-order valence-corrected chi connectivity index (χ1v) is 8.44. The highest BCUT2D eigenvalue weighted by Crippen LogP contribution is 2.29. The Bertz CT molecular complexity index is 878. The molecule has 2 heterocycles. The van der Waals surface area contributed by atoms with Crippen LogP contribution in [0.2, 0.25) is 0 Å². The van der Waals surface area contributed by atoms with Gasteiger partial charge >= 0.3 is 6.18 Å². The van der Waals surface area contributed by atoms with Crippen LogP contribution in [0.5, 0.6) is 0 Å². The van der Waals surface area contributed by atoms with Crippen molar-refractivity contribution in [2.45, 2.75) is 12.2 Å². The van der Waals surface area contributed by atoms with Crippen molar-refractivity contribution < 1.29 is 18.0 Å². The smallest absolute Gasteiger partial charge is 0.324 e. The number of carbonyl (C=O) groups excluding carboxylic acids is 1. The van der Waals surface area contributed by atoms with Gasteiger partial charge in [0.2, 0.25) is 5.91 Å². The molecule has 0 fully saturated rings. The topological polar surface area (TPSA) is 66.9 Å². The van der Waals surface area contributed by atoms with Crippen molar-refractivity contribution in [3.8, 4) is 0 Å². The summed E-state index contributed by atoms with van der Waals surface area (Å²) in [5, 5.41) is 5.56. The van der Waals surface area contributed by atoms with Crippen LogP contribution in [0, 0.1) is 0 Å². The van der Waals surface area contributed by atoms with Crippen molar-refractivity contribution in [3.05, 3.63) is 90.0 Å². The molecule has 8 heteroatoms. The molecular formula is C20H17F3N4O. The van der Waals surface area contributed by atoms with Gasteiger partial charge in [-0.1, -0.05) is 36.4 Å². The lowest BCUT2D eigenvalue weighted by atomic mass is 10.0. The van der Waals surface area contributed by atoms with Gasteiger partial charge in [0.15, 0.2) is 0 Å². The second kappa shape index (κ2) is 8.62. The van der Waals surface area contributed by atoms with Gasteiger partial charge in [0, 0.05) is 18.6 Å². The molecule has 0 aliphatic heterocycles. The highest BCUT2D eigenvalue weighted by molar-refractivity contribution is 5.92. The number of alkyl halides is 3. The quantitative estimate of drug-likeness (QED) is 0.676. The van der Waals surface area contributed by atoms with E-state index >= 15 is 0 Å². The molecule has 0 spiro atoms. The average molecular weight is 386 g/mol. The van der Waals surface area contributed by atoms with E-state index in [4.69, 9.17) is 0 Å². The lowest BCUT2D eigenvalue weighted by Crippen LogP contribution is -2.32. The molecule has 5 nitrogen and oxygen atoms in total. The van der Waals surface area contributed by atoms with E-state index < -0.39 is 17.6 Å². The number of nitrogens with zero attached hydrogens (tertiary/aromatic N) is 2. The standard InChI is InChI=1S/C20H17F3N4O/c21-20(22,23)16-9-17(12-25-11-16)27-18(28)13-26-19(14-5-2-1-3-6-14)15-7-4-8-24-10-15/h1-12,19,26H,13H2,(H,27,28). The molecule has 0 saturated heterocycles. The number of hydrogen-bond acceptors (Lipinski definition) is 4. The summed E-state index contributed by atoms with van der Waals surface area (Å²) >= 11 is 0. The Morgan fingerprint density at radius 2 is 1.71 bits per heavy atom. The van der Waals surface area contributed by atoms with Crippen molar-refractivity contribution in [3.63, 3.8) is 0 Å². The minimum absolute atomic E-state index is 0.0146. The molecule has 28 heavy (non-hydrogen) atoms. The average Bonchev–Trinajstić information content (AvgIpc) is 2.69. The van der Waals surface area contributed by atoms with E-state index in [2.05, 4.69) is 20.6 Å². The molecule has 0 aliphatic carbocycles. The summed E-state index contributed by atoms with van der Waals surface area (Å²) in [7, 11) is 0. The molecular weight excluding hydrogens is 369 g/mol. The number of rotatable bonds is 6. The predicted octanol–water partition coefficient (Wildman–Crippen LogP) is 3.81. The number of aromatic nitrogens is 2. The summed E-state index contributed by atoms with van der Waals surface area (Å²) in [4.78, 5) is 19.9. The van der Waals surface area contributed by atoms with Gasteiger partial charge in [-0.25, -0.2) is 0 Å². The molecule has 3 aromatic rings. The monoisotopic (exact) mass is 386 g/mol. The van der Waals surface area contributed by atoms with E-state index in [1.54, 1.807) is 18.5 Å². The molecule has 1 atom stereocenters. The first kappa shape index (κ1) is 19.5. The van der Waals surface area contributed by atoms with Crippen LogP contribution in [0.1, 0.15) is 22.7 Å². The predicted molar refractivity (Wildman–Crippen MR) is 98.4 cm³/mol. The Kier molecular flexibility index (Phi) is 6.00. The molecule has 2 N–H and O–H groups in total. The van der Waals surface area contributed by atoms with Gasteiger partial charge in [0.25, 0.3) is 0 Å². The van der Waals surface area contributed by atoms with Crippen molar-refractivity contribution in [2.75, 3.05) is 11.9 Å². The lowest BCUT2D eigenvalue weighted by molar-refractivity contribution is -0.137. The van der Waals surface area contributed by atoms with Crippen LogP contribution in [-0.4, -0.2) is 22.4 Å². The Morgan fingerprint density at radius 1 is 0.964 bits per heavy atom. The fraction of sp³-hybridized carbons (Fsp3) is 0.150. The number of nitrogens with one attached hydrogen (secondary N) is 2. The third-order valence-corrected chi connectivity index (χ3v) is 3.97. The summed E-state index contributed by atoms with van der Waals surface area (Å²) in [6, 6.07) is 13.7. The SMILES string of the molecule is O=C(CNC(c1ccccc1)c1cccnc1)Nc1cncc(C(F)(F)F)c1. The second-order valence-electron chi connectivity index (χ2n) is 6.02. The van der Waals surface area contributed by atoms with E-state index in [-0.39, 0.29) is 18.3 Å². The highest BCUT2D eigenvalue weighted by atomic mass is 19.4. The van der Waals surface area contributed by atoms with Gasteiger partial charge in [-0.3, -0.25) is 20.1 Å². The Hall–Kier alpha value is -3.26. The minimum Gasteiger partial charge on any atom is -0.324 e. The molecule has 1 amide bonds. The summed E-state index contributed by atoms with van der Waals surface area (Å²) in [6.45, 7) is -0.106. The van der Waals surface area contributed by atoms with E-state index in [0.29, 0.717) is 6.20 Å². The first-order chi connectivity index (χ1) is 13.4. The number of benzene rings is 1. The second-order valence-corrected chi connectivity index (χ2v) is 6.02. The van der Waals surface area contributed by atoms with Crippen LogP contribution in [0.4, 0.5) is 18.9 Å². The zero-order chi connectivity index (χ0) is 20.0. The molecule has 0 aliphatic rings. The van der Waals surface area contributed by atoms with Crippen LogP contribution < -0.4 is 10.6 Å². The molecule has 0 bridgehead atoms. The largest absolute Gasteiger partial charge is 0.417 e. The summed E-state index contributed by atoms with van der Waals surface area (Å²) < 4.78 is 38.3. The maximum absolute atomic E-state index is 12.8. The minimum atomic E-state index is -4.52. The summed E-state index contributed by atoms with van der Waals surface area (Å²) in [6.07, 6.45) is 0.702. The number of hydrogen-bond donors (Lipinski definition) is 2. The van der Waals surface area contributed by atoms with Gasteiger partial charge in [0.05, 0.1) is 30.0 Å². The van der Waals surface area contributed by atoms with Gasteiger partial charge in [-0.2, -0.15) is 13.2 Å². The molecule has 3 rings (SSSR count). The molecule has 0 saturated carbocycles. The normalized spacial score (nSPS) is 12.4. The Morgan fingerprint density at radius 3 is 2.39 bits per heavy atom. The zero-order valence-corrected chi connectivity index (χ0v) is 14.6. The molecule has 2 aromatic heterocycles. The van der Waals surface area contributed by atoms with Gasteiger partial charge in [-0.05, 0) is 23.3 Å². The Balaban J connectivity index is 1.69. The Labute approximate surface area is 159 Å². The fourth-order valence-electron chi connectivity index (χ4n) is 2.68. The summed E-state index contributed by atoms with van der Waals surface area (Å²) in [5.41, 5.74) is 0.862. The third-order valence-electron chi connectivity index (χ3n) is 3.97. The first-order valence-electron chi connectivity index (χ1n) is 8.44. The molecule has 1 aromatic carbocycles. The number of carbonyl (C=O) groups is 1. The van der Waals surface area contributed by atoms with E-state index in [9.17, 15) is 18.0 Å². The number of halogens is 3. The van der Waals surface area contributed by atoms with Crippen molar-refractivity contribution >= 4 is 11.6 Å². The number of amides is 1. The molecule has 1 unspecified atom stereocenters. The highest BCUT2D eigenvalue weighted by Gasteiger charge is 2.31. The van der Waals surface area contributed by atoms with Gasteiger partial charge in [0.1, 0.15) is 0 Å². The summed E-state index contributed by atoms with van der Waals surface area (Å²) in [5.74, 6) is -0.481. The number of anilines is 1. The third kappa shape index (κ3) is 5.14. The fourth-order valence-corrected chi connectivity index (χ4v) is 2.68. The van der Waals surface area contributed by atoms with Crippen LogP contribution in [0.25, 0.3) is 0 Å². The molecule has 144 valence electrons. The van der Waals surface area contributed by atoms with Crippen molar-refractivity contribution in [1.82, 2.24) is 15.3 Å². The number of pyridine rings is 2. The van der Waals surface area contributed by atoms with Crippen molar-refractivity contribution in [2.24, 2.45) is 0 Å². The van der Waals surface area contributed by atoms with Crippen LogP contribution in [-0.2, 0) is 11.0 Å². The van der Waals surface area contributed by atoms with E-state index in [1.807, 2.05) is 36.4 Å². The maximum atomic E-state index is 12.8. The van der Waals surface area contributed by atoms with Crippen molar-refractivity contribution in [1.29, 1.82) is 0 Å². The lowest BCUT2D eigenvalue weighted by Gasteiger charge is -2.19. The van der Waals surface area contributed by atoms with E-state index in [0.717, 1.165) is 17.2 Å². The zero-order valence-electron chi connectivity index (χ0n) is 14.6. The van der Waals surface area contributed by atoms with Gasteiger partial charge in [-0.15, -0.1) is 0 Å². The molecule has 0 radical (unpaired) electrons. The van der Waals surface area contributed by atoms with Crippen LogP contribution in [0.15, 0.2) is 73.3 Å². The van der Waals surface area contributed by atoms with E-state index in [1.165, 1.54) is 6.20 Å².